The first-order valence-corrected chi connectivity index (χ1v) is 6.92. The number of anilines is 1. The summed E-state index contributed by atoms with van der Waals surface area (Å²) in [6, 6.07) is 5.68. The highest BCUT2D eigenvalue weighted by Gasteiger charge is 2.12. The summed E-state index contributed by atoms with van der Waals surface area (Å²) < 4.78 is 10.6. The fraction of sp³-hybridized carbons (Fsp3) is 0.375. The highest BCUT2D eigenvalue weighted by molar-refractivity contribution is 5.63. The van der Waals surface area contributed by atoms with E-state index in [0.29, 0.717) is 17.3 Å². The summed E-state index contributed by atoms with van der Waals surface area (Å²) in [5, 5.41) is 3.27. The van der Waals surface area contributed by atoms with E-state index in [4.69, 9.17) is 9.47 Å². The first-order chi connectivity index (χ1) is 10.1. The normalized spacial score (nSPS) is 10.3. The van der Waals surface area contributed by atoms with Crippen molar-refractivity contribution in [3.8, 4) is 22.9 Å². The molecular weight excluding hydrogens is 266 g/mol. The highest BCUT2D eigenvalue weighted by atomic mass is 16.5. The molecule has 1 aromatic heterocycles. The average Bonchev–Trinajstić information content (AvgIpc) is 2.51. The Labute approximate surface area is 125 Å². The van der Waals surface area contributed by atoms with Gasteiger partial charge in [0.2, 0.25) is 0 Å². The molecule has 0 aliphatic heterocycles. The zero-order chi connectivity index (χ0) is 15.4. The monoisotopic (exact) mass is 287 g/mol. The van der Waals surface area contributed by atoms with Gasteiger partial charge in [-0.2, -0.15) is 0 Å². The van der Waals surface area contributed by atoms with Gasteiger partial charge in [-0.25, -0.2) is 9.97 Å². The van der Waals surface area contributed by atoms with E-state index in [1.807, 2.05) is 39.0 Å². The van der Waals surface area contributed by atoms with Gasteiger partial charge in [0.05, 0.1) is 14.2 Å². The van der Waals surface area contributed by atoms with E-state index in [0.717, 1.165) is 29.2 Å². The van der Waals surface area contributed by atoms with Gasteiger partial charge in [0.15, 0.2) is 17.3 Å². The molecule has 1 aromatic carbocycles. The predicted molar refractivity (Wildman–Crippen MR) is 84.2 cm³/mol. The third kappa shape index (κ3) is 3.07. The molecule has 0 saturated carbocycles. The zero-order valence-electron chi connectivity index (χ0n) is 13.2. The van der Waals surface area contributed by atoms with Gasteiger partial charge in [-0.3, -0.25) is 0 Å². The van der Waals surface area contributed by atoms with Gasteiger partial charge >= 0.3 is 0 Å². The van der Waals surface area contributed by atoms with E-state index < -0.39 is 0 Å². The van der Waals surface area contributed by atoms with Gasteiger partial charge < -0.3 is 14.8 Å². The van der Waals surface area contributed by atoms with Crippen LogP contribution in [0.2, 0.25) is 0 Å². The fourth-order valence-corrected chi connectivity index (χ4v) is 2.07. The van der Waals surface area contributed by atoms with Gasteiger partial charge in [-0.05, 0) is 39.0 Å². The maximum absolute atomic E-state index is 5.33. The second-order valence-corrected chi connectivity index (χ2v) is 4.71. The molecule has 0 amide bonds. The highest BCUT2D eigenvalue weighted by Crippen LogP contribution is 2.31. The van der Waals surface area contributed by atoms with Crippen LogP contribution in [0, 0.1) is 13.8 Å². The van der Waals surface area contributed by atoms with Crippen LogP contribution in [0.1, 0.15) is 18.2 Å². The molecule has 5 nitrogen and oxygen atoms in total. The summed E-state index contributed by atoms with van der Waals surface area (Å²) in [6.45, 7) is 6.88. The Hall–Kier alpha value is -2.30. The lowest BCUT2D eigenvalue weighted by molar-refractivity contribution is 0.355. The van der Waals surface area contributed by atoms with E-state index in [2.05, 4.69) is 15.3 Å². The van der Waals surface area contributed by atoms with Crippen molar-refractivity contribution in [1.82, 2.24) is 9.97 Å². The van der Waals surface area contributed by atoms with E-state index >= 15 is 0 Å². The van der Waals surface area contributed by atoms with Crippen LogP contribution >= 0.6 is 0 Å². The summed E-state index contributed by atoms with van der Waals surface area (Å²) in [6.07, 6.45) is 0. The summed E-state index contributed by atoms with van der Waals surface area (Å²) in [5.41, 5.74) is 2.93. The molecule has 0 radical (unpaired) electrons. The molecule has 21 heavy (non-hydrogen) atoms. The predicted octanol–water partition coefficient (Wildman–Crippen LogP) is 3.21. The van der Waals surface area contributed by atoms with Gasteiger partial charge in [-0.1, -0.05) is 0 Å². The van der Waals surface area contributed by atoms with Crippen molar-refractivity contribution in [2.24, 2.45) is 0 Å². The van der Waals surface area contributed by atoms with Crippen LogP contribution < -0.4 is 14.8 Å². The Bertz CT molecular complexity index is 642. The number of hydrogen-bond donors (Lipinski definition) is 1. The van der Waals surface area contributed by atoms with Crippen molar-refractivity contribution in [2.45, 2.75) is 20.8 Å². The molecule has 0 bridgehead atoms. The number of rotatable bonds is 5. The largest absolute Gasteiger partial charge is 0.493 e. The van der Waals surface area contributed by atoms with Crippen LogP contribution in [0.15, 0.2) is 18.2 Å². The van der Waals surface area contributed by atoms with Crippen molar-refractivity contribution in [1.29, 1.82) is 0 Å². The molecule has 0 aliphatic rings. The number of hydrogen-bond acceptors (Lipinski definition) is 5. The smallest absolute Gasteiger partial charge is 0.161 e. The lowest BCUT2D eigenvalue weighted by Gasteiger charge is -2.12. The van der Waals surface area contributed by atoms with E-state index in [-0.39, 0.29) is 0 Å². The first kappa shape index (κ1) is 15.1. The maximum Gasteiger partial charge on any atom is 0.161 e. The van der Waals surface area contributed by atoms with E-state index in [9.17, 15) is 0 Å². The number of aromatic nitrogens is 2. The van der Waals surface area contributed by atoms with Crippen molar-refractivity contribution in [2.75, 3.05) is 26.1 Å². The van der Waals surface area contributed by atoms with Gasteiger partial charge in [0.1, 0.15) is 5.82 Å². The molecule has 2 aromatic rings. The lowest BCUT2D eigenvalue weighted by Crippen LogP contribution is -2.06. The molecule has 0 unspecified atom stereocenters. The molecule has 2 rings (SSSR count). The second-order valence-electron chi connectivity index (χ2n) is 4.71. The summed E-state index contributed by atoms with van der Waals surface area (Å²) in [7, 11) is 3.24. The van der Waals surface area contributed by atoms with Gasteiger partial charge in [0, 0.05) is 23.4 Å². The fourth-order valence-electron chi connectivity index (χ4n) is 2.07. The van der Waals surface area contributed by atoms with Crippen molar-refractivity contribution >= 4 is 5.82 Å². The Morgan fingerprint density at radius 1 is 1.05 bits per heavy atom. The Morgan fingerprint density at radius 2 is 1.76 bits per heavy atom. The standard InChI is InChI=1S/C16H21N3O2/c1-6-17-15-10(2)11(3)18-16(19-15)12-7-8-13(20-4)14(9-12)21-5/h7-9H,6H2,1-5H3,(H,17,18,19). The molecular formula is C16H21N3O2. The SMILES string of the molecule is CCNc1nc(-c2ccc(OC)c(OC)c2)nc(C)c1C. The molecule has 1 heterocycles. The molecule has 0 aliphatic carbocycles. The number of benzene rings is 1. The van der Waals surface area contributed by atoms with Crippen LogP contribution in [0.25, 0.3) is 11.4 Å². The van der Waals surface area contributed by atoms with Crippen LogP contribution in [-0.4, -0.2) is 30.7 Å². The molecule has 0 atom stereocenters. The number of nitrogens with zero attached hydrogens (tertiary/aromatic N) is 2. The second kappa shape index (κ2) is 6.43. The number of nitrogens with one attached hydrogen (secondary N) is 1. The minimum absolute atomic E-state index is 0.668. The molecule has 5 heteroatoms. The average molecular weight is 287 g/mol. The summed E-state index contributed by atoms with van der Waals surface area (Å²) in [5.74, 6) is 2.91. The van der Waals surface area contributed by atoms with E-state index in [1.54, 1.807) is 14.2 Å². The summed E-state index contributed by atoms with van der Waals surface area (Å²) in [4.78, 5) is 9.17. The molecule has 0 saturated heterocycles. The molecule has 112 valence electrons. The topological polar surface area (TPSA) is 56.3 Å². The van der Waals surface area contributed by atoms with E-state index in [1.165, 1.54) is 0 Å². The third-order valence-corrected chi connectivity index (χ3v) is 3.38. The summed E-state index contributed by atoms with van der Waals surface area (Å²) >= 11 is 0. The number of methoxy groups -OCH3 is 2. The van der Waals surface area contributed by atoms with Crippen molar-refractivity contribution in [3.05, 3.63) is 29.5 Å². The Morgan fingerprint density at radius 3 is 2.38 bits per heavy atom. The first-order valence-electron chi connectivity index (χ1n) is 6.92. The molecule has 0 fully saturated rings. The number of ether oxygens (including phenoxy) is 2. The maximum atomic E-state index is 5.33. The third-order valence-electron chi connectivity index (χ3n) is 3.38. The van der Waals surface area contributed by atoms with Crippen LogP contribution in [-0.2, 0) is 0 Å². The Kier molecular flexibility index (Phi) is 4.62. The molecule has 0 spiro atoms. The van der Waals surface area contributed by atoms with Crippen molar-refractivity contribution < 1.29 is 9.47 Å². The quantitative estimate of drug-likeness (QED) is 0.915. The lowest BCUT2D eigenvalue weighted by atomic mass is 10.1. The van der Waals surface area contributed by atoms with Crippen LogP contribution in [0.4, 0.5) is 5.82 Å². The molecule has 1 N–H and O–H groups in total. The van der Waals surface area contributed by atoms with Gasteiger partial charge in [0.25, 0.3) is 0 Å². The minimum Gasteiger partial charge on any atom is -0.493 e. The number of aryl methyl sites for hydroxylation is 1. The zero-order valence-corrected chi connectivity index (χ0v) is 13.2. The van der Waals surface area contributed by atoms with Gasteiger partial charge in [-0.15, -0.1) is 0 Å². The minimum atomic E-state index is 0.668. The van der Waals surface area contributed by atoms with Crippen LogP contribution in [0.3, 0.4) is 0 Å². The Balaban J connectivity index is 2.51. The van der Waals surface area contributed by atoms with Crippen LogP contribution in [0.5, 0.6) is 11.5 Å². The van der Waals surface area contributed by atoms with Crippen molar-refractivity contribution in [3.63, 3.8) is 0 Å².